The predicted octanol–water partition coefficient (Wildman–Crippen LogP) is 3.51. The smallest absolute Gasteiger partial charge is 0.0695 e. The van der Waals surface area contributed by atoms with Gasteiger partial charge in [0.2, 0.25) is 0 Å². The first-order valence-corrected chi connectivity index (χ1v) is 8.27. The van der Waals surface area contributed by atoms with Crippen LogP contribution < -0.4 is 0 Å². The van der Waals surface area contributed by atoms with Crippen molar-refractivity contribution in [3.05, 3.63) is 34.9 Å². The molecule has 0 amide bonds. The van der Waals surface area contributed by atoms with E-state index < -0.39 is 0 Å². The lowest BCUT2D eigenvalue weighted by Crippen LogP contribution is -2.45. The first-order chi connectivity index (χ1) is 9.72. The zero-order valence-electron chi connectivity index (χ0n) is 12.0. The van der Waals surface area contributed by atoms with Crippen molar-refractivity contribution < 1.29 is 5.11 Å². The lowest BCUT2D eigenvalue weighted by atomic mass is 9.89. The Bertz CT molecular complexity index is 425. The Balaban J connectivity index is 1.49. The van der Waals surface area contributed by atoms with Gasteiger partial charge in [0.05, 0.1) is 6.10 Å². The number of benzene rings is 1. The van der Waals surface area contributed by atoms with Gasteiger partial charge in [0.1, 0.15) is 0 Å². The minimum atomic E-state index is -0.0807. The molecule has 3 rings (SSSR count). The number of hydrogen-bond acceptors (Lipinski definition) is 2. The van der Waals surface area contributed by atoms with Gasteiger partial charge in [-0.15, -0.1) is 0 Å². The van der Waals surface area contributed by atoms with Gasteiger partial charge >= 0.3 is 0 Å². The fraction of sp³-hybridized carbons (Fsp3) is 0.647. The van der Waals surface area contributed by atoms with Crippen molar-refractivity contribution in [3.63, 3.8) is 0 Å². The van der Waals surface area contributed by atoms with Crippen LogP contribution in [0, 0.1) is 5.92 Å². The van der Waals surface area contributed by atoms with E-state index in [4.69, 9.17) is 11.6 Å². The minimum absolute atomic E-state index is 0.0807. The highest BCUT2D eigenvalue weighted by molar-refractivity contribution is 6.30. The van der Waals surface area contributed by atoms with Gasteiger partial charge < -0.3 is 5.11 Å². The monoisotopic (exact) mass is 293 g/mol. The molecule has 1 saturated carbocycles. The van der Waals surface area contributed by atoms with E-state index in [2.05, 4.69) is 17.0 Å². The molecule has 20 heavy (non-hydrogen) atoms. The molecule has 0 radical (unpaired) electrons. The van der Waals surface area contributed by atoms with Gasteiger partial charge in [0.25, 0.3) is 0 Å². The molecule has 0 bridgehead atoms. The highest BCUT2D eigenvalue weighted by atomic mass is 35.5. The van der Waals surface area contributed by atoms with Crippen LogP contribution in [0.3, 0.4) is 0 Å². The van der Waals surface area contributed by atoms with E-state index >= 15 is 0 Å². The van der Waals surface area contributed by atoms with Gasteiger partial charge in [-0.25, -0.2) is 0 Å². The van der Waals surface area contributed by atoms with Crippen molar-refractivity contribution in [2.24, 2.45) is 5.92 Å². The molecular formula is C17H24ClNO. The number of aliphatic hydroxyl groups excluding tert-OH is 1. The molecule has 2 nitrogen and oxygen atoms in total. The Morgan fingerprint density at radius 3 is 2.35 bits per heavy atom. The summed E-state index contributed by atoms with van der Waals surface area (Å²) in [5.74, 6) is 0.783. The van der Waals surface area contributed by atoms with Gasteiger partial charge in [0, 0.05) is 11.1 Å². The van der Waals surface area contributed by atoms with Gasteiger partial charge in [-0.05, 0) is 75.2 Å². The molecule has 0 unspecified atom stereocenters. The summed E-state index contributed by atoms with van der Waals surface area (Å²) in [6, 6.07) is 8.71. The van der Waals surface area contributed by atoms with Crippen molar-refractivity contribution in [2.45, 2.75) is 50.7 Å². The molecule has 3 heteroatoms. The van der Waals surface area contributed by atoms with Crippen LogP contribution in [0.2, 0.25) is 5.02 Å². The summed E-state index contributed by atoms with van der Waals surface area (Å²) < 4.78 is 0. The minimum Gasteiger partial charge on any atom is -0.391 e. The van der Waals surface area contributed by atoms with Crippen LogP contribution in [-0.4, -0.2) is 35.2 Å². The summed E-state index contributed by atoms with van der Waals surface area (Å²) in [7, 11) is 0. The first-order valence-electron chi connectivity index (χ1n) is 7.89. The van der Waals surface area contributed by atoms with Crippen molar-refractivity contribution in [1.82, 2.24) is 4.90 Å². The molecule has 1 aromatic carbocycles. The van der Waals surface area contributed by atoms with Crippen LogP contribution >= 0.6 is 11.6 Å². The lowest BCUT2D eigenvalue weighted by Gasteiger charge is -2.37. The summed E-state index contributed by atoms with van der Waals surface area (Å²) in [6.45, 7) is 2.31. The highest BCUT2D eigenvalue weighted by Gasteiger charge is 2.32. The second-order valence-corrected chi connectivity index (χ2v) is 6.81. The Morgan fingerprint density at radius 2 is 1.75 bits per heavy atom. The molecule has 2 fully saturated rings. The van der Waals surface area contributed by atoms with Gasteiger partial charge in [-0.2, -0.15) is 0 Å². The second kappa shape index (κ2) is 6.46. The molecular weight excluding hydrogens is 270 g/mol. The van der Waals surface area contributed by atoms with Crippen molar-refractivity contribution >= 4 is 11.6 Å². The summed E-state index contributed by atoms with van der Waals surface area (Å²) in [6.07, 6.45) is 6.97. The van der Waals surface area contributed by atoms with Crippen molar-refractivity contribution in [3.8, 4) is 0 Å². The Hall–Kier alpha value is -0.570. The van der Waals surface area contributed by atoms with Crippen LogP contribution in [-0.2, 0) is 6.42 Å². The van der Waals surface area contributed by atoms with E-state index in [0.717, 1.165) is 36.9 Å². The predicted molar refractivity (Wildman–Crippen MR) is 83.1 cm³/mol. The van der Waals surface area contributed by atoms with E-state index in [1.54, 1.807) is 0 Å². The molecule has 1 aliphatic carbocycles. The van der Waals surface area contributed by atoms with Crippen LogP contribution in [0.15, 0.2) is 24.3 Å². The summed E-state index contributed by atoms with van der Waals surface area (Å²) >= 11 is 5.93. The Labute approximate surface area is 126 Å². The zero-order chi connectivity index (χ0) is 13.9. The topological polar surface area (TPSA) is 23.5 Å². The van der Waals surface area contributed by atoms with Crippen molar-refractivity contribution in [1.29, 1.82) is 0 Å². The summed E-state index contributed by atoms with van der Waals surface area (Å²) in [5, 5.41) is 10.8. The fourth-order valence-corrected chi connectivity index (χ4v) is 3.92. The Morgan fingerprint density at radius 1 is 1.05 bits per heavy atom. The van der Waals surface area contributed by atoms with Crippen LogP contribution in [0.5, 0.6) is 0 Å². The molecule has 0 aromatic heterocycles. The van der Waals surface area contributed by atoms with Crippen LogP contribution in [0.1, 0.15) is 37.7 Å². The van der Waals surface area contributed by atoms with E-state index in [1.807, 2.05) is 12.1 Å². The van der Waals surface area contributed by atoms with Gasteiger partial charge in [-0.1, -0.05) is 23.7 Å². The third-order valence-electron chi connectivity index (χ3n) is 5.00. The van der Waals surface area contributed by atoms with E-state index in [0.29, 0.717) is 6.04 Å². The maximum absolute atomic E-state index is 10.0. The Kier molecular flexibility index (Phi) is 4.65. The average molecular weight is 294 g/mol. The third kappa shape index (κ3) is 3.36. The van der Waals surface area contributed by atoms with Crippen molar-refractivity contribution in [2.75, 3.05) is 13.1 Å². The molecule has 1 aromatic rings. The highest BCUT2D eigenvalue weighted by Crippen LogP contribution is 2.29. The number of hydrogen-bond donors (Lipinski definition) is 1. The van der Waals surface area contributed by atoms with Crippen LogP contribution in [0.25, 0.3) is 0 Å². The molecule has 0 spiro atoms. The normalized spacial score (nSPS) is 28.9. The maximum atomic E-state index is 10.0. The largest absolute Gasteiger partial charge is 0.391 e. The molecule has 2 atom stereocenters. The number of piperidine rings is 1. The zero-order valence-corrected chi connectivity index (χ0v) is 12.7. The number of halogens is 1. The average Bonchev–Trinajstić information content (AvgIpc) is 2.89. The third-order valence-corrected chi connectivity index (χ3v) is 5.25. The molecule has 1 heterocycles. The number of nitrogens with zero attached hydrogens (tertiary/aromatic N) is 1. The summed E-state index contributed by atoms with van der Waals surface area (Å²) in [4.78, 5) is 2.52. The lowest BCUT2D eigenvalue weighted by molar-refractivity contribution is 0.0482. The molecule has 1 N–H and O–H groups in total. The maximum Gasteiger partial charge on any atom is 0.0695 e. The fourth-order valence-electron chi connectivity index (χ4n) is 3.79. The standard InChI is InChI=1S/C17H24ClNO/c18-15-6-4-13(5-7-15)12-14-8-10-19(11-9-14)16-2-1-3-17(16)20/h4-7,14,16-17,20H,1-3,8-12H2/t16-,17-/m1/s1. The van der Waals surface area contributed by atoms with Gasteiger partial charge in [-0.3, -0.25) is 4.90 Å². The SMILES string of the molecule is O[C@@H]1CCC[C@H]1N1CCC(Cc2ccc(Cl)cc2)CC1. The summed E-state index contributed by atoms with van der Waals surface area (Å²) in [5.41, 5.74) is 1.40. The molecule has 110 valence electrons. The quantitative estimate of drug-likeness (QED) is 0.922. The number of rotatable bonds is 3. The van der Waals surface area contributed by atoms with E-state index in [9.17, 15) is 5.11 Å². The van der Waals surface area contributed by atoms with E-state index in [1.165, 1.54) is 31.2 Å². The molecule has 1 saturated heterocycles. The molecule has 2 aliphatic rings. The second-order valence-electron chi connectivity index (χ2n) is 6.38. The van der Waals surface area contributed by atoms with Gasteiger partial charge in [0.15, 0.2) is 0 Å². The number of aliphatic hydroxyl groups is 1. The van der Waals surface area contributed by atoms with E-state index in [-0.39, 0.29) is 6.10 Å². The molecule has 1 aliphatic heterocycles. The van der Waals surface area contributed by atoms with Crippen LogP contribution in [0.4, 0.5) is 0 Å². The first kappa shape index (κ1) is 14.4. The number of likely N-dealkylation sites (tertiary alicyclic amines) is 1.